The van der Waals surface area contributed by atoms with Gasteiger partial charge in [-0.1, -0.05) is 35.4 Å². The summed E-state index contributed by atoms with van der Waals surface area (Å²) in [5, 5.41) is 0. The predicted octanol–water partition coefficient (Wildman–Crippen LogP) is -3.29. The average molecular weight is 529 g/mol. The summed E-state index contributed by atoms with van der Waals surface area (Å²) in [6.07, 6.45) is 0. The Morgan fingerprint density at radius 2 is 1.09 bits per heavy atom. The quantitative estimate of drug-likeness (QED) is 0.206. The Kier molecular flexibility index (Phi) is 15.8. The predicted molar refractivity (Wildman–Crippen MR) is 119 cm³/mol. The third-order valence-electron chi connectivity index (χ3n) is 4.61. The Labute approximate surface area is 246 Å². The average Bonchev–Trinajstić information content (AvgIpc) is 2.62. The molecule has 0 heterocycles. The second kappa shape index (κ2) is 15.0. The first-order chi connectivity index (χ1) is 14.5. The van der Waals surface area contributed by atoms with Crippen LogP contribution in [0, 0.1) is 33.6 Å². The van der Waals surface area contributed by atoms with Crippen LogP contribution in [0.2, 0.25) is 0 Å². The van der Waals surface area contributed by atoms with Crippen molar-refractivity contribution in [2.24, 2.45) is 5.92 Å². The molecule has 0 saturated carbocycles. The van der Waals surface area contributed by atoms with Crippen LogP contribution in [0.1, 0.15) is 49.9 Å². The SMILES string of the molecule is CC(=O)c1cc(C)ccc1C.Cc1ccc(C)c(C(=O)C(CS(=O)(=O)[O-])CS(=O)(=O)[O-])c1.[Na+].[Na+]. The van der Waals surface area contributed by atoms with Gasteiger partial charge in [0.15, 0.2) is 11.6 Å². The first-order valence-corrected chi connectivity index (χ1v) is 12.7. The molecule has 8 nitrogen and oxygen atoms in total. The Morgan fingerprint density at radius 1 is 0.735 bits per heavy atom. The molecule has 0 aliphatic carbocycles. The number of Topliss-reactive ketones (excluding diaryl/α,β-unsaturated/α-hetero) is 2. The molecule has 0 saturated heterocycles. The molecule has 176 valence electrons. The molecule has 0 bridgehead atoms. The van der Waals surface area contributed by atoms with Crippen LogP contribution in [-0.4, -0.2) is 49.0 Å². The van der Waals surface area contributed by atoms with E-state index in [2.05, 4.69) is 0 Å². The molecular weight excluding hydrogens is 502 g/mol. The molecule has 2 rings (SSSR count). The fourth-order valence-electron chi connectivity index (χ4n) is 3.03. The van der Waals surface area contributed by atoms with Crippen LogP contribution in [0.25, 0.3) is 0 Å². The van der Waals surface area contributed by atoms with Crippen molar-refractivity contribution in [1.29, 1.82) is 0 Å². The fraction of sp³-hybridized carbons (Fsp3) is 0.364. The number of benzene rings is 2. The summed E-state index contributed by atoms with van der Waals surface area (Å²) in [7, 11) is -9.69. The molecule has 0 aliphatic heterocycles. The Bertz CT molecular complexity index is 1190. The number of ketones is 2. The molecule has 0 aromatic heterocycles. The maximum atomic E-state index is 12.3. The monoisotopic (exact) mass is 528 g/mol. The van der Waals surface area contributed by atoms with Gasteiger partial charge in [0.25, 0.3) is 0 Å². The van der Waals surface area contributed by atoms with Crippen LogP contribution < -0.4 is 59.1 Å². The van der Waals surface area contributed by atoms with Crippen molar-refractivity contribution in [1.82, 2.24) is 0 Å². The van der Waals surface area contributed by atoms with Crippen molar-refractivity contribution in [3.8, 4) is 0 Å². The number of hydrogen-bond donors (Lipinski definition) is 0. The van der Waals surface area contributed by atoms with Gasteiger partial charge >= 0.3 is 59.1 Å². The summed E-state index contributed by atoms with van der Waals surface area (Å²) in [6.45, 7) is 8.82. The van der Waals surface area contributed by atoms with E-state index in [9.17, 15) is 35.5 Å². The number of carbonyl (C=O) groups is 2. The Hall–Kier alpha value is -0.400. The van der Waals surface area contributed by atoms with Crippen LogP contribution in [0.4, 0.5) is 0 Å². The molecule has 0 N–H and O–H groups in total. The molecule has 0 atom stereocenters. The molecule has 2 aromatic rings. The van der Waals surface area contributed by atoms with Gasteiger partial charge in [-0.3, -0.25) is 9.59 Å². The van der Waals surface area contributed by atoms with Crippen molar-refractivity contribution < 1.29 is 94.6 Å². The minimum atomic E-state index is -4.85. The molecule has 0 radical (unpaired) electrons. The van der Waals surface area contributed by atoms with E-state index < -0.39 is 43.4 Å². The fourth-order valence-corrected chi connectivity index (χ4v) is 4.70. The summed E-state index contributed by atoms with van der Waals surface area (Å²) in [5.41, 5.74) is 4.35. The van der Waals surface area contributed by atoms with Crippen LogP contribution >= 0.6 is 0 Å². The normalized spacial score (nSPS) is 10.9. The van der Waals surface area contributed by atoms with Crippen LogP contribution in [0.15, 0.2) is 36.4 Å². The van der Waals surface area contributed by atoms with Crippen LogP contribution in [0.3, 0.4) is 0 Å². The zero-order valence-electron chi connectivity index (χ0n) is 20.5. The van der Waals surface area contributed by atoms with E-state index in [0.717, 1.165) is 16.7 Å². The Balaban J connectivity index is 0. The standard InChI is InChI=1S/C12H16O7S2.C10H12O.2Na/c1-8-3-4-9(2)11(5-8)12(13)10(6-20(14,15)16)7-21(17,18)19;1-7-4-5-8(2)10(6-7)9(3)11;;/h3-5,10H,6-7H2,1-2H3,(H,14,15,16)(H,17,18,19);4-6H,1-3H3;;/q;;2*+1/p-2. The van der Waals surface area contributed by atoms with Gasteiger partial charge in [-0.25, -0.2) is 16.8 Å². The van der Waals surface area contributed by atoms with Gasteiger partial charge in [0, 0.05) is 28.6 Å². The number of rotatable bonds is 7. The van der Waals surface area contributed by atoms with Gasteiger partial charge in [0.1, 0.15) is 0 Å². The third kappa shape index (κ3) is 13.1. The zero-order chi connectivity index (χ0) is 24.9. The number of aryl methyl sites for hydroxylation is 4. The van der Waals surface area contributed by atoms with Gasteiger partial charge in [-0.2, -0.15) is 0 Å². The second-order valence-electron chi connectivity index (χ2n) is 7.70. The van der Waals surface area contributed by atoms with Gasteiger partial charge in [0.2, 0.25) is 0 Å². The van der Waals surface area contributed by atoms with Crippen molar-refractivity contribution in [2.45, 2.75) is 34.6 Å². The van der Waals surface area contributed by atoms with Crippen molar-refractivity contribution in [3.63, 3.8) is 0 Å². The van der Waals surface area contributed by atoms with Gasteiger partial charge < -0.3 is 9.11 Å². The van der Waals surface area contributed by atoms with E-state index in [1.54, 1.807) is 32.9 Å². The molecule has 34 heavy (non-hydrogen) atoms. The molecule has 0 amide bonds. The summed E-state index contributed by atoms with van der Waals surface area (Å²) < 4.78 is 64.9. The minimum Gasteiger partial charge on any atom is -0.748 e. The van der Waals surface area contributed by atoms with Gasteiger partial charge in [-0.15, -0.1) is 0 Å². The van der Waals surface area contributed by atoms with Crippen molar-refractivity contribution in [3.05, 3.63) is 69.8 Å². The van der Waals surface area contributed by atoms with E-state index in [-0.39, 0.29) is 70.5 Å². The first kappa shape index (κ1) is 35.8. The maximum absolute atomic E-state index is 12.3. The summed E-state index contributed by atoms with van der Waals surface area (Å²) in [4.78, 5) is 23.3. The van der Waals surface area contributed by atoms with E-state index >= 15 is 0 Å². The third-order valence-corrected chi connectivity index (χ3v) is 6.23. The van der Waals surface area contributed by atoms with E-state index in [1.807, 2.05) is 32.0 Å². The maximum Gasteiger partial charge on any atom is 1.00 e. The Morgan fingerprint density at radius 3 is 1.41 bits per heavy atom. The molecule has 0 unspecified atom stereocenters. The molecule has 0 spiro atoms. The minimum absolute atomic E-state index is 0. The molecule has 0 fully saturated rings. The summed E-state index contributed by atoms with van der Waals surface area (Å²) in [5.74, 6) is -4.83. The molecule has 2 aromatic carbocycles. The molecule has 12 heteroatoms. The van der Waals surface area contributed by atoms with Crippen molar-refractivity contribution in [2.75, 3.05) is 11.5 Å². The largest absolute Gasteiger partial charge is 1.00 e. The zero-order valence-corrected chi connectivity index (χ0v) is 26.2. The second-order valence-corrected chi connectivity index (χ2v) is 10.6. The molecule has 0 aliphatic rings. The van der Waals surface area contributed by atoms with Crippen molar-refractivity contribution >= 4 is 31.8 Å². The van der Waals surface area contributed by atoms with Crippen LogP contribution in [0.5, 0.6) is 0 Å². The van der Waals surface area contributed by atoms with Gasteiger partial charge in [-0.05, 0) is 57.9 Å². The van der Waals surface area contributed by atoms with E-state index in [0.29, 0.717) is 11.1 Å². The van der Waals surface area contributed by atoms with E-state index in [1.165, 1.54) is 6.07 Å². The number of hydrogen-bond acceptors (Lipinski definition) is 8. The molecular formula is C22H26Na2O8S2. The van der Waals surface area contributed by atoms with E-state index in [4.69, 9.17) is 0 Å². The van der Waals surface area contributed by atoms with Crippen LogP contribution in [-0.2, 0) is 20.2 Å². The smallest absolute Gasteiger partial charge is 0.748 e. The van der Waals surface area contributed by atoms with Gasteiger partial charge in [0.05, 0.1) is 20.2 Å². The topological polar surface area (TPSA) is 149 Å². The summed E-state index contributed by atoms with van der Waals surface area (Å²) in [6, 6.07) is 10.7. The number of carbonyl (C=O) groups excluding carboxylic acids is 2. The first-order valence-electron chi connectivity index (χ1n) is 9.57. The summed E-state index contributed by atoms with van der Waals surface area (Å²) >= 11 is 0.